The Labute approximate surface area is 185 Å². The molecule has 0 aromatic heterocycles. The topological polar surface area (TPSA) is 67.4 Å². The van der Waals surface area contributed by atoms with Crippen LogP contribution in [-0.2, 0) is 5.41 Å². The Hall–Kier alpha value is -2.16. The average molecular weight is 474 g/mol. The molecule has 2 rings (SSSR count). The molecule has 0 unspecified atom stereocenters. The molecular weight excluding hydrogens is 453 g/mol. The van der Waals surface area contributed by atoms with E-state index < -0.39 is 43.6 Å². The van der Waals surface area contributed by atoms with Crippen LogP contribution in [0.3, 0.4) is 0 Å². The summed E-state index contributed by atoms with van der Waals surface area (Å²) in [7, 11) is -1.28. The predicted octanol–water partition coefficient (Wildman–Crippen LogP) is 6.16. The van der Waals surface area contributed by atoms with Crippen molar-refractivity contribution in [2.45, 2.75) is 39.3 Å². The van der Waals surface area contributed by atoms with Gasteiger partial charge in [0.15, 0.2) is 0 Å². The molecule has 0 bridgehead atoms. The van der Waals surface area contributed by atoms with Gasteiger partial charge in [-0.1, -0.05) is 50.0 Å². The maximum absolute atomic E-state index is 13.8. The third-order valence-corrected chi connectivity index (χ3v) is 5.17. The van der Waals surface area contributed by atoms with E-state index in [9.17, 15) is 18.4 Å². The molecule has 0 heterocycles. The van der Waals surface area contributed by atoms with Crippen LogP contribution in [-0.4, -0.2) is 21.0 Å². The molecule has 161 valence electrons. The zero-order valence-electron chi connectivity index (χ0n) is 17.0. The molecule has 2 aromatic rings. The summed E-state index contributed by atoms with van der Waals surface area (Å²) in [5, 5.41) is 4.84. The number of anilines is 1. The molecular formula is C20H21Cl2F2N2O3Si. The molecule has 1 radical (unpaired) electrons. The molecule has 30 heavy (non-hydrogen) atoms. The number of halogens is 4. The number of imide groups is 1. The number of carbonyl (C=O) groups is 2. The highest BCUT2D eigenvalue weighted by atomic mass is 35.5. The molecule has 2 aromatic carbocycles. The fraction of sp³-hybridized carbons (Fsp3) is 0.300. The number of benzene rings is 2. The zero-order valence-corrected chi connectivity index (χ0v) is 19.6. The Bertz CT molecular complexity index is 975. The van der Waals surface area contributed by atoms with Gasteiger partial charge in [0.2, 0.25) is 0 Å². The SMILES string of the molecule is C[Si](C)Oc1c(NC(=O)NC(=O)c2c(F)cccc2F)cc(Cl)c(C(C)(C)C)c1Cl. The fourth-order valence-electron chi connectivity index (χ4n) is 2.72. The van der Waals surface area contributed by atoms with Crippen LogP contribution in [0.2, 0.25) is 23.1 Å². The van der Waals surface area contributed by atoms with Gasteiger partial charge in [-0.2, -0.15) is 0 Å². The lowest BCUT2D eigenvalue weighted by Crippen LogP contribution is -2.35. The normalized spacial score (nSPS) is 11.4. The van der Waals surface area contributed by atoms with Gasteiger partial charge in [0.25, 0.3) is 14.9 Å². The van der Waals surface area contributed by atoms with E-state index in [1.54, 1.807) is 0 Å². The van der Waals surface area contributed by atoms with Crippen LogP contribution in [0.15, 0.2) is 24.3 Å². The van der Waals surface area contributed by atoms with Crippen molar-refractivity contribution in [1.29, 1.82) is 0 Å². The van der Waals surface area contributed by atoms with Crippen molar-refractivity contribution in [2.75, 3.05) is 5.32 Å². The van der Waals surface area contributed by atoms with Crippen LogP contribution in [0.5, 0.6) is 5.75 Å². The molecule has 5 nitrogen and oxygen atoms in total. The maximum Gasteiger partial charge on any atom is 0.326 e. The van der Waals surface area contributed by atoms with Crippen molar-refractivity contribution in [3.8, 4) is 5.75 Å². The van der Waals surface area contributed by atoms with Gasteiger partial charge in [-0.05, 0) is 42.3 Å². The summed E-state index contributed by atoms with van der Waals surface area (Å²) in [6, 6.07) is 3.38. The molecule has 0 atom stereocenters. The number of hydrogen-bond donors (Lipinski definition) is 2. The highest BCUT2D eigenvalue weighted by Gasteiger charge is 2.27. The van der Waals surface area contributed by atoms with E-state index >= 15 is 0 Å². The van der Waals surface area contributed by atoms with E-state index in [-0.39, 0.29) is 16.5 Å². The first-order valence-corrected chi connectivity index (χ1v) is 12.1. The molecule has 2 N–H and O–H groups in total. The van der Waals surface area contributed by atoms with Crippen molar-refractivity contribution in [2.24, 2.45) is 0 Å². The van der Waals surface area contributed by atoms with Crippen molar-refractivity contribution in [3.05, 3.63) is 57.1 Å². The summed E-state index contributed by atoms with van der Waals surface area (Å²) in [4.78, 5) is 24.5. The standard InChI is InChI=1S/C20H21Cl2F2N2O3Si/c1-20(2,3)15-10(21)9-13(17(16(15)22)29-30(4)5)25-19(28)26-18(27)14-11(23)7-6-8-12(14)24/h6-9H,1-5H3,(H2,25,26,27,28). The van der Waals surface area contributed by atoms with Gasteiger partial charge in [-0.25, -0.2) is 13.6 Å². The minimum Gasteiger partial charge on any atom is -0.540 e. The van der Waals surface area contributed by atoms with Gasteiger partial charge in [-0.3, -0.25) is 10.1 Å². The highest BCUT2D eigenvalue weighted by molar-refractivity contribution is 6.50. The third-order valence-electron chi connectivity index (χ3n) is 3.89. The van der Waals surface area contributed by atoms with Gasteiger partial charge >= 0.3 is 6.03 Å². The summed E-state index contributed by atoms with van der Waals surface area (Å²) in [5.41, 5.74) is -0.501. The second kappa shape index (κ2) is 9.32. The number of urea groups is 1. The van der Waals surface area contributed by atoms with Crippen molar-refractivity contribution in [1.82, 2.24) is 5.32 Å². The summed E-state index contributed by atoms with van der Waals surface area (Å²) in [6.07, 6.45) is 0. The largest absolute Gasteiger partial charge is 0.540 e. The lowest BCUT2D eigenvalue weighted by atomic mass is 9.86. The molecule has 0 aliphatic heterocycles. The molecule has 0 spiro atoms. The van der Waals surface area contributed by atoms with Gasteiger partial charge in [0, 0.05) is 5.02 Å². The minimum atomic E-state index is -1.28. The van der Waals surface area contributed by atoms with E-state index in [1.165, 1.54) is 6.07 Å². The molecule has 3 amide bonds. The van der Waals surface area contributed by atoms with E-state index in [4.69, 9.17) is 27.6 Å². The van der Waals surface area contributed by atoms with E-state index in [0.29, 0.717) is 10.6 Å². The van der Waals surface area contributed by atoms with Crippen molar-refractivity contribution >= 4 is 49.9 Å². The minimum absolute atomic E-state index is 0.128. The highest BCUT2D eigenvalue weighted by Crippen LogP contribution is 2.45. The first-order valence-electron chi connectivity index (χ1n) is 8.89. The van der Waals surface area contributed by atoms with Crippen LogP contribution in [0.4, 0.5) is 19.3 Å². The van der Waals surface area contributed by atoms with Crippen LogP contribution < -0.4 is 15.1 Å². The smallest absolute Gasteiger partial charge is 0.326 e. The zero-order chi connectivity index (χ0) is 22.8. The van der Waals surface area contributed by atoms with Gasteiger partial charge < -0.3 is 9.74 Å². The predicted molar refractivity (Wildman–Crippen MR) is 116 cm³/mol. The lowest BCUT2D eigenvalue weighted by Gasteiger charge is -2.26. The van der Waals surface area contributed by atoms with Gasteiger partial charge in [-0.15, -0.1) is 0 Å². The Balaban J connectivity index is 2.37. The summed E-state index contributed by atoms with van der Waals surface area (Å²) >= 11 is 12.9. The van der Waals surface area contributed by atoms with Gasteiger partial charge in [0.05, 0.1) is 10.7 Å². The molecule has 0 fully saturated rings. The number of hydrogen-bond acceptors (Lipinski definition) is 3. The summed E-state index contributed by atoms with van der Waals surface area (Å²) in [6.45, 7) is 9.53. The second-order valence-electron chi connectivity index (χ2n) is 7.69. The van der Waals surface area contributed by atoms with E-state index in [0.717, 1.165) is 18.2 Å². The molecule has 0 saturated carbocycles. The second-order valence-corrected chi connectivity index (χ2v) is 10.5. The summed E-state index contributed by atoms with van der Waals surface area (Å²) in [5.74, 6) is -3.20. The Morgan fingerprint density at radius 1 is 1.10 bits per heavy atom. The molecule has 0 aliphatic rings. The molecule has 0 aliphatic carbocycles. The van der Waals surface area contributed by atoms with Crippen molar-refractivity contribution in [3.63, 3.8) is 0 Å². The number of amides is 3. The first-order chi connectivity index (χ1) is 13.8. The molecule has 0 saturated heterocycles. The Morgan fingerprint density at radius 3 is 2.17 bits per heavy atom. The average Bonchev–Trinajstić information content (AvgIpc) is 2.56. The Morgan fingerprint density at radius 2 is 1.67 bits per heavy atom. The van der Waals surface area contributed by atoms with Crippen LogP contribution in [0.25, 0.3) is 0 Å². The first kappa shape index (κ1) is 24.1. The monoisotopic (exact) mass is 473 g/mol. The number of nitrogens with one attached hydrogen (secondary N) is 2. The van der Waals surface area contributed by atoms with Gasteiger partial charge in [0.1, 0.15) is 22.9 Å². The number of rotatable bonds is 4. The van der Waals surface area contributed by atoms with Crippen LogP contribution >= 0.6 is 23.2 Å². The molecule has 10 heteroatoms. The maximum atomic E-state index is 13.8. The lowest BCUT2D eigenvalue weighted by molar-refractivity contribution is 0.0959. The van der Waals surface area contributed by atoms with Crippen molar-refractivity contribution < 1.29 is 22.8 Å². The van der Waals surface area contributed by atoms with Crippen LogP contribution in [0.1, 0.15) is 36.7 Å². The Kier molecular flexibility index (Phi) is 7.49. The third kappa shape index (κ3) is 5.50. The van der Waals surface area contributed by atoms with E-state index in [1.807, 2.05) is 39.2 Å². The quantitative estimate of drug-likeness (QED) is 0.522. The summed E-state index contributed by atoms with van der Waals surface area (Å²) < 4.78 is 33.4. The van der Waals surface area contributed by atoms with E-state index in [2.05, 4.69) is 5.32 Å². The fourth-order valence-corrected chi connectivity index (χ4v) is 4.47. The van der Waals surface area contributed by atoms with Crippen LogP contribution in [0, 0.1) is 11.6 Å². The number of carbonyl (C=O) groups excluding carboxylic acids is 2.